The second kappa shape index (κ2) is 82.7. The predicted molar refractivity (Wildman–Crippen MR) is 417 cm³/mol. The Balaban J connectivity index is 3.49. The number of carbonyl (C=O) groups is 2. The van der Waals surface area contributed by atoms with Crippen LogP contribution < -0.4 is 0 Å². The van der Waals surface area contributed by atoms with Crippen LogP contribution in [0.3, 0.4) is 0 Å². The molecule has 5 nitrogen and oxygen atoms in total. The normalized spacial score (nSPS) is 13.1. The summed E-state index contributed by atoms with van der Waals surface area (Å²) in [5.74, 6) is -0.588. The fourth-order valence-electron chi connectivity index (χ4n) is 11.4. The molecular weight excluding hydrogens is 1150 g/mol. The second-order valence-electron chi connectivity index (χ2n) is 26.4. The zero-order chi connectivity index (χ0) is 67.5. The number of unbranched alkanes of at least 4 members (excludes halogenated alkanes) is 39. The van der Waals surface area contributed by atoms with Crippen LogP contribution >= 0.6 is 0 Å². The van der Waals surface area contributed by atoms with Crippen LogP contribution in [0.15, 0.2) is 158 Å². The van der Waals surface area contributed by atoms with Crippen molar-refractivity contribution in [3.63, 3.8) is 0 Å². The van der Waals surface area contributed by atoms with E-state index < -0.39 is 6.10 Å². The lowest BCUT2D eigenvalue weighted by atomic mass is 10.0. The largest absolute Gasteiger partial charge is 0.462 e. The molecule has 0 spiro atoms. The van der Waals surface area contributed by atoms with E-state index in [-0.39, 0.29) is 25.2 Å². The van der Waals surface area contributed by atoms with Gasteiger partial charge in [0.05, 0.1) is 6.61 Å². The van der Waals surface area contributed by atoms with E-state index >= 15 is 0 Å². The zero-order valence-electron chi connectivity index (χ0n) is 61.7. The first-order valence-corrected chi connectivity index (χ1v) is 40.0. The van der Waals surface area contributed by atoms with Crippen molar-refractivity contribution in [2.24, 2.45) is 0 Å². The summed E-state index contributed by atoms with van der Waals surface area (Å²) in [6, 6.07) is 0. The molecule has 0 saturated carbocycles. The van der Waals surface area contributed by atoms with Crippen LogP contribution in [-0.2, 0) is 19.1 Å². The van der Waals surface area contributed by atoms with Crippen LogP contribution in [-0.4, -0.2) is 36.4 Å². The molecule has 0 rings (SSSR count). The molecule has 94 heavy (non-hydrogen) atoms. The van der Waals surface area contributed by atoms with Crippen molar-refractivity contribution >= 4 is 11.9 Å². The minimum atomic E-state index is -0.784. The van der Waals surface area contributed by atoms with Gasteiger partial charge in [0.25, 0.3) is 0 Å². The summed E-state index contributed by atoms with van der Waals surface area (Å²) in [5, 5.41) is 9.73. The van der Waals surface area contributed by atoms with E-state index in [2.05, 4.69) is 172 Å². The van der Waals surface area contributed by atoms with Gasteiger partial charge < -0.3 is 14.6 Å². The molecule has 0 fully saturated rings. The van der Waals surface area contributed by atoms with Gasteiger partial charge in [-0.2, -0.15) is 0 Å². The maximum absolute atomic E-state index is 12.4. The second-order valence-corrected chi connectivity index (χ2v) is 26.4. The first-order valence-electron chi connectivity index (χ1n) is 40.0. The summed E-state index contributed by atoms with van der Waals surface area (Å²) in [4.78, 5) is 24.7. The minimum absolute atomic E-state index is 0.0712. The smallest absolute Gasteiger partial charge is 0.306 e. The molecule has 0 aromatic heterocycles. The number of hydrogen-bond acceptors (Lipinski definition) is 5. The van der Waals surface area contributed by atoms with E-state index in [9.17, 15) is 14.7 Å². The van der Waals surface area contributed by atoms with Crippen LogP contribution in [0.4, 0.5) is 0 Å². The van der Waals surface area contributed by atoms with E-state index in [1.54, 1.807) is 0 Å². The summed E-state index contributed by atoms with van der Waals surface area (Å²) < 4.78 is 10.8. The lowest BCUT2D eigenvalue weighted by Crippen LogP contribution is -2.28. The number of carbonyl (C=O) groups excluding carboxylic acids is 2. The molecule has 5 heteroatoms. The molecular formula is C89H150O5. The topological polar surface area (TPSA) is 72.8 Å². The Kier molecular flexibility index (Phi) is 78.8. The van der Waals surface area contributed by atoms with Crippen molar-refractivity contribution in [3.05, 3.63) is 158 Å². The highest BCUT2D eigenvalue weighted by Gasteiger charge is 2.16. The van der Waals surface area contributed by atoms with E-state index in [4.69, 9.17) is 9.47 Å². The monoisotopic (exact) mass is 1300 g/mol. The summed E-state index contributed by atoms with van der Waals surface area (Å²) in [6.07, 6.45) is 126. The van der Waals surface area contributed by atoms with Crippen LogP contribution in [0.5, 0.6) is 0 Å². The van der Waals surface area contributed by atoms with Crippen molar-refractivity contribution in [1.82, 2.24) is 0 Å². The molecule has 0 heterocycles. The molecule has 0 saturated heterocycles. The molecule has 0 aromatic rings. The van der Waals surface area contributed by atoms with Crippen LogP contribution in [0.1, 0.15) is 373 Å². The Morgan fingerprint density at radius 2 is 0.457 bits per heavy atom. The molecule has 0 aliphatic heterocycles. The lowest BCUT2D eigenvalue weighted by molar-refractivity contribution is -0.161. The SMILES string of the molecule is CC/C=C\C/C=C\C/C=C\C/C=C\C/C=C\C/C=C\C/C=C\C/C=C\C/C=C\C/C=C\CCCCCCCCCCCCC(=O)OC(CO)COC(=O)CCCCCCCCCCCCCCCCCCCCCCCCCC/C=C\C/C=C\C/C=C\CCCCCCC. The van der Waals surface area contributed by atoms with Gasteiger partial charge in [-0.05, 0) is 128 Å². The van der Waals surface area contributed by atoms with Crippen LogP contribution in [0.25, 0.3) is 0 Å². The Bertz CT molecular complexity index is 1960. The molecule has 0 bridgehead atoms. The van der Waals surface area contributed by atoms with Crippen molar-refractivity contribution in [3.8, 4) is 0 Å². The molecule has 1 unspecified atom stereocenters. The molecule has 0 aromatic carbocycles. The van der Waals surface area contributed by atoms with Gasteiger partial charge in [-0.3, -0.25) is 9.59 Å². The number of ether oxygens (including phenoxy) is 2. The summed E-state index contributed by atoms with van der Waals surface area (Å²) in [7, 11) is 0. The average Bonchev–Trinajstić information content (AvgIpc) is 3.77. The van der Waals surface area contributed by atoms with Gasteiger partial charge in [-0.25, -0.2) is 0 Å². The highest BCUT2D eigenvalue weighted by molar-refractivity contribution is 5.70. The maximum atomic E-state index is 12.4. The van der Waals surface area contributed by atoms with E-state index in [0.29, 0.717) is 12.8 Å². The quantitative estimate of drug-likeness (QED) is 0.0373. The fourth-order valence-corrected chi connectivity index (χ4v) is 11.4. The molecule has 536 valence electrons. The standard InChI is InChI=1S/C89H150O5/c1-3-5-7-9-11-13-15-17-19-21-23-25-27-29-31-33-35-37-39-41-43-44-46-48-50-52-54-56-58-60-62-64-66-68-70-72-74-76-78-80-82-84-89(92)94-87(85-90)86-93-88(91)83-81-79-77-75-73-71-69-67-65-63-61-59-57-55-53-51-49-47-45-42-40-38-36-34-32-30-28-26-24-22-20-18-16-14-12-10-8-6-4-2/h5,7,11,13,16-19,22-25,28-31,35,37,41,43,46,48,52,54,58,60,87,90H,3-4,6,8-10,12,14-15,20-21,26-27,32-34,36,38-40,42,44-45,47,49-51,53,55-57,59,61-86H2,1-2H3/b7-5-,13-11-,18-16-,19-17-,24-22-,25-23-,30-28-,31-29-,37-35-,43-41-,48-46-,54-52-,60-58-. The highest BCUT2D eigenvalue weighted by atomic mass is 16.6. The third kappa shape index (κ3) is 80.0. The number of rotatable bonds is 73. The van der Waals surface area contributed by atoms with Gasteiger partial charge in [0.1, 0.15) is 6.61 Å². The van der Waals surface area contributed by atoms with Gasteiger partial charge in [-0.1, -0.05) is 390 Å². The maximum Gasteiger partial charge on any atom is 0.306 e. The van der Waals surface area contributed by atoms with Crippen molar-refractivity contribution in [2.45, 2.75) is 380 Å². The summed E-state index contributed by atoms with van der Waals surface area (Å²) in [5.41, 5.74) is 0. The third-order valence-corrected chi connectivity index (χ3v) is 17.3. The first-order chi connectivity index (χ1) is 46.6. The Labute approximate surface area is 583 Å². The van der Waals surface area contributed by atoms with Gasteiger partial charge in [0.2, 0.25) is 0 Å². The number of aliphatic hydroxyl groups excluding tert-OH is 1. The number of allylic oxidation sites excluding steroid dienone is 26. The Hall–Kier alpha value is -4.48. The molecule has 1 N–H and O–H groups in total. The molecule has 0 aliphatic rings. The molecule has 1 atom stereocenters. The molecule has 0 amide bonds. The Morgan fingerprint density at radius 1 is 0.255 bits per heavy atom. The van der Waals surface area contributed by atoms with Gasteiger partial charge in [0.15, 0.2) is 6.10 Å². The third-order valence-electron chi connectivity index (χ3n) is 17.3. The van der Waals surface area contributed by atoms with Gasteiger partial charge in [0, 0.05) is 12.8 Å². The molecule has 0 aliphatic carbocycles. The van der Waals surface area contributed by atoms with E-state index in [1.807, 2.05) is 0 Å². The average molecular weight is 1300 g/mol. The van der Waals surface area contributed by atoms with Crippen LogP contribution in [0.2, 0.25) is 0 Å². The Morgan fingerprint density at radius 3 is 0.691 bits per heavy atom. The van der Waals surface area contributed by atoms with Crippen molar-refractivity contribution < 1.29 is 24.2 Å². The highest BCUT2D eigenvalue weighted by Crippen LogP contribution is 2.18. The number of esters is 2. The zero-order valence-corrected chi connectivity index (χ0v) is 61.7. The van der Waals surface area contributed by atoms with E-state index in [1.165, 1.54) is 231 Å². The van der Waals surface area contributed by atoms with Gasteiger partial charge in [-0.15, -0.1) is 0 Å². The van der Waals surface area contributed by atoms with Gasteiger partial charge >= 0.3 is 11.9 Å². The van der Waals surface area contributed by atoms with Crippen LogP contribution in [0, 0.1) is 0 Å². The fraction of sp³-hybridized carbons (Fsp3) is 0.685. The van der Waals surface area contributed by atoms with Crippen molar-refractivity contribution in [1.29, 1.82) is 0 Å². The first kappa shape index (κ1) is 89.5. The van der Waals surface area contributed by atoms with E-state index in [0.717, 1.165) is 116 Å². The molecule has 0 radical (unpaired) electrons. The predicted octanol–water partition coefficient (Wildman–Crippen LogP) is 28.5. The summed E-state index contributed by atoms with van der Waals surface area (Å²) in [6.45, 7) is 4.04. The number of hydrogen-bond donors (Lipinski definition) is 1. The number of aliphatic hydroxyl groups is 1. The van der Waals surface area contributed by atoms with Crippen molar-refractivity contribution in [2.75, 3.05) is 13.2 Å². The lowest BCUT2D eigenvalue weighted by Gasteiger charge is -2.15. The minimum Gasteiger partial charge on any atom is -0.462 e. The summed E-state index contributed by atoms with van der Waals surface area (Å²) >= 11 is 0.